The first-order valence-electron chi connectivity index (χ1n) is 7.96. The van der Waals surface area contributed by atoms with Gasteiger partial charge >= 0.3 is 0 Å². The van der Waals surface area contributed by atoms with Gasteiger partial charge in [0.05, 0.1) is 0 Å². The lowest BCUT2D eigenvalue weighted by Gasteiger charge is -2.16. The highest BCUT2D eigenvalue weighted by molar-refractivity contribution is 5.15. The fraction of sp³-hybridized carbons (Fsp3) is 0.368. The van der Waals surface area contributed by atoms with Crippen LogP contribution in [0.4, 0.5) is 4.39 Å². The maximum Gasteiger partial charge on any atom is 0.118 e. The molecule has 1 saturated heterocycles. The van der Waals surface area contributed by atoms with Crippen LogP contribution < -0.4 is 5.32 Å². The molecular formula is C19H23FN2. The molecule has 0 bridgehead atoms. The summed E-state index contributed by atoms with van der Waals surface area (Å²) in [5, 5.41) is 3.39. The predicted molar refractivity (Wildman–Crippen MR) is 88.3 cm³/mol. The first-order chi connectivity index (χ1) is 10.8. The molecule has 0 aromatic heterocycles. The number of halogens is 1. The van der Waals surface area contributed by atoms with Crippen molar-refractivity contribution < 1.29 is 4.39 Å². The van der Waals surface area contributed by atoms with Gasteiger partial charge in [0.1, 0.15) is 6.17 Å². The van der Waals surface area contributed by atoms with Crippen molar-refractivity contribution in [2.24, 2.45) is 5.92 Å². The van der Waals surface area contributed by atoms with E-state index in [4.69, 9.17) is 0 Å². The van der Waals surface area contributed by atoms with Gasteiger partial charge < -0.3 is 5.32 Å². The van der Waals surface area contributed by atoms with E-state index in [9.17, 15) is 4.39 Å². The number of hydrogen-bond acceptors (Lipinski definition) is 2. The largest absolute Gasteiger partial charge is 0.312 e. The average molecular weight is 298 g/mol. The first-order valence-corrected chi connectivity index (χ1v) is 7.96. The second-order valence-corrected chi connectivity index (χ2v) is 6.07. The Bertz CT molecular complexity index is 558. The molecule has 2 atom stereocenters. The minimum Gasteiger partial charge on any atom is -0.312 e. The molecule has 2 aromatic carbocycles. The summed E-state index contributed by atoms with van der Waals surface area (Å²) in [4.78, 5) is 2.22. The molecule has 1 aliphatic heterocycles. The van der Waals surface area contributed by atoms with Crippen LogP contribution in [0.2, 0.25) is 0 Å². The van der Waals surface area contributed by atoms with Gasteiger partial charge in [-0.2, -0.15) is 0 Å². The van der Waals surface area contributed by atoms with Gasteiger partial charge in [-0.25, -0.2) is 4.39 Å². The molecule has 1 fully saturated rings. The van der Waals surface area contributed by atoms with Crippen LogP contribution in [-0.2, 0) is 13.1 Å². The van der Waals surface area contributed by atoms with E-state index in [-0.39, 0.29) is 5.92 Å². The molecule has 2 aromatic rings. The van der Waals surface area contributed by atoms with Crippen molar-refractivity contribution in [1.29, 1.82) is 0 Å². The summed E-state index contributed by atoms with van der Waals surface area (Å²) in [6, 6.07) is 20.6. The van der Waals surface area contributed by atoms with Crippen LogP contribution in [0.3, 0.4) is 0 Å². The first kappa shape index (κ1) is 15.2. The Morgan fingerprint density at radius 3 is 2.23 bits per heavy atom. The zero-order valence-electron chi connectivity index (χ0n) is 12.8. The van der Waals surface area contributed by atoms with E-state index in [1.165, 1.54) is 11.1 Å². The van der Waals surface area contributed by atoms with E-state index >= 15 is 0 Å². The number of alkyl halides is 1. The Labute approximate surface area is 132 Å². The molecule has 0 unspecified atom stereocenters. The SMILES string of the molecule is F[C@@H]1CN(Cc2ccccc2)C[C@@H]1CNCc1ccccc1. The lowest BCUT2D eigenvalue weighted by molar-refractivity contribution is 0.265. The zero-order chi connectivity index (χ0) is 15.2. The Morgan fingerprint density at radius 1 is 0.909 bits per heavy atom. The summed E-state index contributed by atoms with van der Waals surface area (Å²) in [6.07, 6.45) is -0.730. The van der Waals surface area contributed by atoms with E-state index in [1.54, 1.807) is 0 Å². The van der Waals surface area contributed by atoms with Crippen molar-refractivity contribution in [3.63, 3.8) is 0 Å². The highest BCUT2D eigenvalue weighted by Gasteiger charge is 2.32. The molecule has 0 aliphatic carbocycles. The Hall–Kier alpha value is -1.71. The van der Waals surface area contributed by atoms with Crippen molar-refractivity contribution in [3.8, 4) is 0 Å². The van der Waals surface area contributed by atoms with Gasteiger partial charge in [-0.15, -0.1) is 0 Å². The number of likely N-dealkylation sites (tertiary alicyclic amines) is 1. The fourth-order valence-electron chi connectivity index (χ4n) is 3.08. The van der Waals surface area contributed by atoms with Crippen molar-refractivity contribution >= 4 is 0 Å². The van der Waals surface area contributed by atoms with Gasteiger partial charge in [0.2, 0.25) is 0 Å². The molecule has 22 heavy (non-hydrogen) atoms. The molecule has 0 spiro atoms. The van der Waals surface area contributed by atoms with Gasteiger partial charge in [0, 0.05) is 38.6 Å². The maximum absolute atomic E-state index is 14.2. The molecule has 0 saturated carbocycles. The Kier molecular flexibility index (Phi) is 5.20. The minimum atomic E-state index is -0.730. The number of nitrogens with one attached hydrogen (secondary N) is 1. The number of rotatable bonds is 6. The zero-order valence-corrected chi connectivity index (χ0v) is 12.8. The fourth-order valence-corrected chi connectivity index (χ4v) is 3.08. The lowest BCUT2D eigenvalue weighted by Crippen LogP contribution is -2.28. The normalized spacial score (nSPS) is 22.0. The van der Waals surface area contributed by atoms with E-state index in [0.29, 0.717) is 6.54 Å². The summed E-state index contributed by atoms with van der Waals surface area (Å²) in [6.45, 7) is 3.77. The molecule has 3 rings (SSSR count). The van der Waals surface area contributed by atoms with Gasteiger partial charge in [0.15, 0.2) is 0 Å². The number of benzene rings is 2. The third kappa shape index (κ3) is 4.15. The molecule has 116 valence electrons. The Morgan fingerprint density at radius 2 is 1.55 bits per heavy atom. The second kappa shape index (κ2) is 7.52. The molecule has 0 radical (unpaired) electrons. The number of hydrogen-bond donors (Lipinski definition) is 1. The van der Waals surface area contributed by atoms with Crippen LogP contribution in [-0.4, -0.2) is 30.7 Å². The monoisotopic (exact) mass is 298 g/mol. The predicted octanol–water partition coefficient (Wildman–Crippen LogP) is 3.25. The Balaban J connectivity index is 1.45. The molecule has 3 heteroatoms. The van der Waals surface area contributed by atoms with Crippen LogP contribution in [0.1, 0.15) is 11.1 Å². The van der Waals surface area contributed by atoms with Gasteiger partial charge in [-0.3, -0.25) is 4.90 Å². The van der Waals surface area contributed by atoms with Gasteiger partial charge in [-0.1, -0.05) is 60.7 Å². The highest BCUT2D eigenvalue weighted by atomic mass is 19.1. The summed E-state index contributed by atoms with van der Waals surface area (Å²) < 4.78 is 14.2. The molecule has 0 amide bonds. The van der Waals surface area contributed by atoms with E-state index in [0.717, 1.165) is 26.2 Å². The van der Waals surface area contributed by atoms with Crippen molar-refractivity contribution in [1.82, 2.24) is 10.2 Å². The molecular weight excluding hydrogens is 275 g/mol. The van der Waals surface area contributed by atoms with Crippen molar-refractivity contribution in [2.75, 3.05) is 19.6 Å². The van der Waals surface area contributed by atoms with E-state index in [2.05, 4.69) is 34.5 Å². The quantitative estimate of drug-likeness (QED) is 0.880. The second-order valence-electron chi connectivity index (χ2n) is 6.07. The minimum absolute atomic E-state index is 0.0902. The average Bonchev–Trinajstić information content (AvgIpc) is 2.89. The third-order valence-electron chi connectivity index (χ3n) is 4.26. The third-order valence-corrected chi connectivity index (χ3v) is 4.26. The van der Waals surface area contributed by atoms with Crippen LogP contribution in [0.5, 0.6) is 0 Å². The maximum atomic E-state index is 14.2. The van der Waals surface area contributed by atoms with Crippen LogP contribution in [0, 0.1) is 5.92 Å². The van der Waals surface area contributed by atoms with Crippen molar-refractivity contribution in [2.45, 2.75) is 19.3 Å². The van der Waals surface area contributed by atoms with Gasteiger partial charge in [-0.05, 0) is 11.1 Å². The molecule has 1 heterocycles. The van der Waals surface area contributed by atoms with E-state index < -0.39 is 6.17 Å². The molecule has 2 nitrogen and oxygen atoms in total. The summed E-state index contributed by atoms with van der Waals surface area (Å²) >= 11 is 0. The van der Waals surface area contributed by atoms with Crippen LogP contribution in [0.25, 0.3) is 0 Å². The topological polar surface area (TPSA) is 15.3 Å². The smallest absolute Gasteiger partial charge is 0.118 e. The van der Waals surface area contributed by atoms with Crippen molar-refractivity contribution in [3.05, 3.63) is 71.8 Å². The lowest BCUT2D eigenvalue weighted by atomic mass is 10.1. The van der Waals surface area contributed by atoms with E-state index in [1.807, 2.05) is 36.4 Å². The molecule has 1 aliphatic rings. The molecule has 1 N–H and O–H groups in total. The standard InChI is InChI=1S/C19H23FN2/c20-19-15-22(13-17-9-5-2-6-10-17)14-18(19)12-21-11-16-7-3-1-4-8-16/h1-10,18-19,21H,11-15H2/t18-,19+/m0/s1. The summed E-state index contributed by atoms with van der Waals surface area (Å²) in [5.74, 6) is 0.0902. The highest BCUT2D eigenvalue weighted by Crippen LogP contribution is 2.21. The van der Waals surface area contributed by atoms with Crippen LogP contribution >= 0.6 is 0 Å². The van der Waals surface area contributed by atoms with Gasteiger partial charge in [0.25, 0.3) is 0 Å². The van der Waals surface area contributed by atoms with Crippen LogP contribution in [0.15, 0.2) is 60.7 Å². The summed E-state index contributed by atoms with van der Waals surface area (Å²) in [7, 11) is 0. The number of nitrogens with zero attached hydrogens (tertiary/aromatic N) is 1. The summed E-state index contributed by atoms with van der Waals surface area (Å²) in [5.41, 5.74) is 2.50.